The van der Waals surface area contributed by atoms with Gasteiger partial charge in [-0.1, -0.05) is 0 Å². The minimum atomic E-state index is -4.87. The van der Waals surface area contributed by atoms with E-state index in [-0.39, 0.29) is 16.0 Å². The van der Waals surface area contributed by atoms with Crippen LogP contribution in [0.2, 0.25) is 0 Å². The van der Waals surface area contributed by atoms with Gasteiger partial charge in [-0.2, -0.15) is 13.2 Å². The van der Waals surface area contributed by atoms with Gasteiger partial charge < -0.3 is 0 Å². The quantitative estimate of drug-likeness (QED) is 0.575. The van der Waals surface area contributed by atoms with Crippen LogP contribution < -0.4 is 0 Å². The largest absolute Gasteiger partial charge is 0.418 e. The summed E-state index contributed by atoms with van der Waals surface area (Å²) in [5.74, 6) is -0.252. The molecule has 0 unspecified atom stereocenters. The third-order valence-corrected chi connectivity index (χ3v) is 2.66. The second-order valence-electron chi connectivity index (χ2n) is 2.78. The van der Waals surface area contributed by atoms with Crippen LogP contribution in [0.4, 0.5) is 22.0 Å². The molecule has 90 valence electrons. The molecule has 0 aliphatic rings. The van der Waals surface area contributed by atoms with Crippen molar-refractivity contribution in [1.29, 1.82) is 0 Å². The fourth-order valence-electron chi connectivity index (χ4n) is 1.03. The molecular formula is C8H4BrClF5N. The maximum absolute atomic E-state index is 12.4. The lowest BCUT2D eigenvalue weighted by atomic mass is 10.1. The highest BCUT2D eigenvalue weighted by atomic mass is 79.9. The molecule has 0 N–H and O–H groups in total. The molecular weight excluding hydrogens is 320 g/mol. The fraction of sp³-hybridized carbons (Fsp3) is 0.375. The lowest BCUT2D eigenvalue weighted by molar-refractivity contribution is -0.140. The van der Waals surface area contributed by atoms with Crippen molar-refractivity contribution in [3.05, 3.63) is 27.5 Å². The lowest BCUT2D eigenvalue weighted by Crippen LogP contribution is -2.12. The van der Waals surface area contributed by atoms with Crippen molar-refractivity contribution in [3.63, 3.8) is 0 Å². The normalized spacial score (nSPS) is 12.2. The third kappa shape index (κ3) is 2.82. The Kier molecular flexibility index (Phi) is 4.12. The Morgan fingerprint density at radius 2 is 1.94 bits per heavy atom. The van der Waals surface area contributed by atoms with Crippen LogP contribution in [-0.2, 0) is 12.1 Å². The topological polar surface area (TPSA) is 12.9 Å². The maximum atomic E-state index is 12.4. The zero-order chi connectivity index (χ0) is 12.5. The van der Waals surface area contributed by atoms with Crippen LogP contribution >= 0.6 is 27.5 Å². The average Bonchev–Trinajstić information content (AvgIpc) is 2.15. The highest BCUT2D eigenvalue weighted by molar-refractivity contribution is 9.10. The number of alkyl halides is 6. The molecule has 0 fully saturated rings. The van der Waals surface area contributed by atoms with Crippen LogP contribution in [0.15, 0.2) is 10.5 Å². The number of hydrogen-bond acceptors (Lipinski definition) is 1. The molecule has 0 aliphatic heterocycles. The maximum Gasteiger partial charge on any atom is 0.418 e. The summed E-state index contributed by atoms with van der Waals surface area (Å²) < 4.78 is 61.9. The van der Waals surface area contributed by atoms with E-state index >= 15 is 0 Å². The SMILES string of the molecule is FC(F)c1nc(CCl)c(Br)cc1C(F)(F)F. The van der Waals surface area contributed by atoms with Crippen molar-refractivity contribution in [3.8, 4) is 0 Å². The summed E-state index contributed by atoms with van der Waals surface area (Å²) in [6.07, 6.45) is -8.17. The van der Waals surface area contributed by atoms with E-state index in [4.69, 9.17) is 11.6 Å². The van der Waals surface area contributed by atoms with Crippen LogP contribution in [0.3, 0.4) is 0 Å². The lowest BCUT2D eigenvalue weighted by Gasteiger charge is -2.13. The average molecular weight is 324 g/mol. The summed E-state index contributed by atoms with van der Waals surface area (Å²) in [7, 11) is 0. The highest BCUT2D eigenvalue weighted by Gasteiger charge is 2.37. The summed E-state index contributed by atoms with van der Waals surface area (Å²) in [5.41, 5.74) is -2.81. The van der Waals surface area contributed by atoms with Crippen molar-refractivity contribution in [2.24, 2.45) is 0 Å². The number of nitrogens with zero attached hydrogens (tertiary/aromatic N) is 1. The number of hydrogen-bond donors (Lipinski definition) is 0. The van der Waals surface area contributed by atoms with Gasteiger partial charge in [0.15, 0.2) is 0 Å². The molecule has 0 saturated heterocycles. The molecule has 1 nitrogen and oxygen atoms in total. The molecule has 0 saturated carbocycles. The van der Waals surface area contributed by atoms with E-state index in [1.54, 1.807) is 0 Å². The van der Waals surface area contributed by atoms with Gasteiger partial charge in [0.2, 0.25) is 0 Å². The molecule has 0 aromatic carbocycles. The first-order chi connectivity index (χ1) is 7.27. The Balaban J connectivity index is 3.42. The standard InChI is InChI=1S/C8H4BrClF5N/c9-4-1-3(8(13,14)15)6(7(11)12)16-5(4)2-10/h1,7H,2H2. The first kappa shape index (κ1) is 13.6. The Morgan fingerprint density at radius 3 is 2.31 bits per heavy atom. The van der Waals surface area contributed by atoms with E-state index in [1.807, 2.05) is 0 Å². The van der Waals surface area contributed by atoms with Gasteiger partial charge in [-0.15, -0.1) is 11.6 Å². The van der Waals surface area contributed by atoms with E-state index in [0.29, 0.717) is 6.07 Å². The van der Waals surface area contributed by atoms with Crippen LogP contribution in [0.25, 0.3) is 0 Å². The van der Waals surface area contributed by atoms with Crippen molar-refractivity contribution in [2.45, 2.75) is 18.5 Å². The van der Waals surface area contributed by atoms with Crippen LogP contribution in [0, 0.1) is 0 Å². The van der Waals surface area contributed by atoms with Crippen molar-refractivity contribution in [2.75, 3.05) is 0 Å². The molecule has 0 radical (unpaired) electrons. The third-order valence-electron chi connectivity index (χ3n) is 1.72. The molecule has 16 heavy (non-hydrogen) atoms. The second-order valence-corrected chi connectivity index (χ2v) is 3.90. The number of halogens is 7. The number of pyridine rings is 1. The van der Waals surface area contributed by atoms with Gasteiger partial charge in [0.1, 0.15) is 5.69 Å². The van der Waals surface area contributed by atoms with Gasteiger partial charge in [-0.25, -0.2) is 13.8 Å². The highest BCUT2D eigenvalue weighted by Crippen LogP contribution is 2.37. The smallest absolute Gasteiger partial charge is 0.249 e. The van der Waals surface area contributed by atoms with E-state index in [2.05, 4.69) is 20.9 Å². The predicted octanol–water partition coefficient (Wildman–Crippen LogP) is 4.54. The van der Waals surface area contributed by atoms with Gasteiger partial charge in [0, 0.05) is 4.47 Å². The van der Waals surface area contributed by atoms with Gasteiger partial charge in [-0.05, 0) is 22.0 Å². The van der Waals surface area contributed by atoms with Crippen LogP contribution in [0.1, 0.15) is 23.4 Å². The zero-order valence-corrected chi connectivity index (χ0v) is 9.80. The molecule has 0 bridgehead atoms. The van der Waals surface area contributed by atoms with Crippen LogP contribution in [0.5, 0.6) is 0 Å². The van der Waals surface area contributed by atoms with Gasteiger partial charge in [0.05, 0.1) is 17.1 Å². The van der Waals surface area contributed by atoms with Gasteiger partial charge in [-0.3, -0.25) is 0 Å². The zero-order valence-electron chi connectivity index (χ0n) is 7.45. The molecule has 1 heterocycles. The van der Waals surface area contributed by atoms with Crippen molar-refractivity contribution >= 4 is 27.5 Å². The molecule has 0 aliphatic carbocycles. The molecule has 1 aromatic rings. The van der Waals surface area contributed by atoms with Crippen molar-refractivity contribution in [1.82, 2.24) is 4.98 Å². The van der Waals surface area contributed by atoms with E-state index < -0.39 is 23.9 Å². The van der Waals surface area contributed by atoms with E-state index in [0.717, 1.165) is 0 Å². The van der Waals surface area contributed by atoms with Crippen molar-refractivity contribution < 1.29 is 22.0 Å². The number of rotatable bonds is 2. The number of aromatic nitrogens is 1. The molecule has 0 spiro atoms. The van der Waals surface area contributed by atoms with E-state index in [9.17, 15) is 22.0 Å². The van der Waals surface area contributed by atoms with Crippen LogP contribution in [-0.4, -0.2) is 4.98 Å². The summed E-state index contributed by atoms with van der Waals surface area (Å²) in [6.45, 7) is 0. The molecule has 0 atom stereocenters. The second kappa shape index (κ2) is 4.83. The Hall–Kier alpha value is -0.430. The molecule has 8 heteroatoms. The van der Waals surface area contributed by atoms with E-state index in [1.165, 1.54) is 0 Å². The summed E-state index contributed by atoms with van der Waals surface area (Å²) in [5, 5.41) is 0. The Morgan fingerprint density at radius 1 is 1.38 bits per heavy atom. The first-order valence-electron chi connectivity index (χ1n) is 3.88. The monoisotopic (exact) mass is 323 g/mol. The summed E-state index contributed by atoms with van der Waals surface area (Å²) in [6, 6.07) is 0.562. The Bertz CT molecular complexity index is 393. The minimum Gasteiger partial charge on any atom is -0.249 e. The molecule has 0 amide bonds. The van der Waals surface area contributed by atoms with Gasteiger partial charge >= 0.3 is 6.18 Å². The van der Waals surface area contributed by atoms with Gasteiger partial charge in [0.25, 0.3) is 6.43 Å². The Labute approximate surface area is 101 Å². The predicted molar refractivity (Wildman–Crippen MR) is 51.5 cm³/mol. The molecule has 1 rings (SSSR count). The fourth-order valence-corrected chi connectivity index (χ4v) is 1.85. The first-order valence-corrected chi connectivity index (χ1v) is 5.20. The summed E-state index contributed by atoms with van der Waals surface area (Å²) >= 11 is 8.15. The summed E-state index contributed by atoms with van der Waals surface area (Å²) in [4.78, 5) is 3.21. The molecule has 1 aromatic heterocycles. The minimum absolute atomic E-state index is 0.0424.